The summed E-state index contributed by atoms with van der Waals surface area (Å²) in [7, 11) is 1.82. The van der Waals surface area contributed by atoms with Crippen LogP contribution in [0.5, 0.6) is 11.6 Å². The van der Waals surface area contributed by atoms with Gasteiger partial charge in [-0.2, -0.15) is 0 Å². The zero-order valence-corrected chi connectivity index (χ0v) is 10.5. The van der Waals surface area contributed by atoms with Crippen molar-refractivity contribution in [3.8, 4) is 11.6 Å². The standard InChI is InChI=1S/C15H13NO3/c1-16-12(9-14(17)18)8-11-7-6-10-4-2-3-5-13(10)19-15(11)16/h2-8H,9H2,1H3,(H,17,18). The minimum atomic E-state index is -0.847. The van der Waals surface area contributed by atoms with Gasteiger partial charge in [0, 0.05) is 23.9 Å². The Morgan fingerprint density at radius 1 is 1.26 bits per heavy atom. The number of carbonyl (C=O) groups is 1. The monoisotopic (exact) mass is 255 g/mol. The van der Waals surface area contributed by atoms with Crippen LogP contribution in [-0.4, -0.2) is 15.6 Å². The molecule has 2 heterocycles. The topological polar surface area (TPSA) is 51.5 Å². The van der Waals surface area contributed by atoms with Gasteiger partial charge in [-0.15, -0.1) is 0 Å². The highest BCUT2D eigenvalue weighted by Crippen LogP contribution is 2.35. The van der Waals surface area contributed by atoms with Crippen LogP contribution in [0.15, 0.2) is 30.3 Å². The number of rotatable bonds is 2. The molecule has 3 rings (SSSR count). The Morgan fingerprint density at radius 2 is 2.00 bits per heavy atom. The number of aromatic nitrogens is 1. The Balaban J connectivity index is 2.07. The third-order valence-corrected chi connectivity index (χ3v) is 3.20. The molecule has 1 aromatic heterocycles. The Morgan fingerprint density at radius 3 is 2.79 bits per heavy atom. The van der Waals surface area contributed by atoms with Gasteiger partial charge < -0.3 is 14.4 Å². The van der Waals surface area contributed by atoms with Crippen molar-refractivity contribution in [2.24, 2.45) is 7.05 Å². The van der Waals surface area contributed by atoms with Gasteiger partial charge in [0.15, 0.2) is 0 Å². The van der Waals surface area contributed by atoms with E-state index >= 15 is 0 Å². The number of para-hydroxylation sites is 1. The molecule has 0 fully saturated rings. The molecular weight excluding hydrogens is 242 g/mol. The minimum Gasteiger partial charge on any atom is -0.481 e. The van der Waals surface area contributed by atoms with Crippen molar-refractivity contribution in [3.05, 3.63) is 47.2 Å². The summed E-state index contributed by atoms with van der Waals surface area (Å²) in [5.41, 5.74) is 2.63. The zero-order valence-electron chi connectivity index (χ0n) is 10.5. The van der Waals surface area contributed by atoms with Crippen molar-refractivity contribution in [2.75, 3.05) is 0 Å². The van der Waals surface area contributed by atoms with Gasteiger partial charge in [-0.3, -0.25) is 4.79 Å². The maximum Gasteiger partial charge on any atom is 0.309 e. The van der Waals surface area contributed by atoms with E-state index in [-0.39, 0.29) is 6.42 Å². The second-order valence-electron chi connectivity index (χ2n) is 4.50. The van der Waals surface area contributed by atoms with E-state index in [0.29, 0.717) is 5.88 Å². The number of carboxylic acid groups (broad SMARTS) is 1. The summed E-state index contributed by atoms with van der Waals surface area (Å²) in [6.07, 6.45) is 3.92. The van der Waals surface area contributed by atoms with Crippen LogP contribution in [0.3, 0.4) is 0 Å². The second-order valence-corrected chi connectivity index (χ2v) is 4.50. The largest absolute Gasteiger partial charge is 0.481 e. The van der Waals surface area contributed by atoms with Crippen molar-refractivity contribution in [1.29, 1.82) is 0 Å². The smallest absolute Gasteiger partial charge is 0.309 e. The summed E-state index contributed by atoms with van der Waals surface area (Å²) in [5.74, 6) is 0.609. The van der Waals surface area contributed by atoms with Crippen LogP contribution in [-0.2, 0) is 18.3 Å². The molecule has 1 aliphatic heterocycles. The fourth-order valence-corrected chi connectivity index (χ4v) is 2.23. The molecule has 0 bridgehead atoms. The summed E-state index contributed by atoms with van der Waals surface area (Å²) in [5, 5.41) is 8.89. The molecule has 0 amide bonds. The van der Waals surface area contributed by atoms with Gasteiger partial charge in [0.1, 0.15) is 5.75 Å². The molecule has 2 aromatic rings. The quantitative estimate of drug-likeness (QED) is 0.766. The fourth-order valence-electron chi connectivity index (χ4n) is 2.23. The molecule has 0 saturated heterocycles. The van der Waals surface area contributed by atoms with E-state index in [0.717, 1.165) is 22.6 Å². The Kier molecular flexibility index (Phi) is 2.63. The molecule has 1 aromatic carbocycles. The van der Waals surface area contributed by atoms with Gasteiger partial charge in [-0.25, -0.2) is 0 Å². The van der Waals surface area contributed by atoms with Crippen LogP contribution in [0.4, 0.5) is 0 Å². The third kappa shape index (κ3) is 2.01. The molecule has 4 heteroatoms. The van der Waals surface area contributed by atoms with Gasteiger partial charge in [-0.05, 0) is 18.2 Å². The minimum absolute atomic E-state index is 0.0116. The van der Waals surface area contributed by atoms with E-state index in [2.05, 4.69) is 0 Å². The molecule has 0 saturated carbocycles. The number of benzene rings is 1. The Labute approximate surface area is 110 Å². The van der Waals surface area contributed by atoms with E-state index in [9.17, 15) is 4.79 Å². The van der Waals surface area contributed by atoms with Crippen LogP contribution in [0.25, 0.3) is 12.2 Å². The first-order chi connectivity index (χ1) is 9.15. The number of aliphatic carboxylic acids is 1. The summed E-state index contributed by atoms with van der Waals surface area (Å²) in [6.45, 7) is 0. The molecule has 0 unspecified atom stereocenters. The van der Waals surface area contributed by atoms with Crippen molar-refractivity contribution in [2.45, 2.75) is 6.42 Å². The third-order valence-electron chi connectivity index (χ3n) is 3.20. The molecule has 0 spiro atoms. The first-order valence-corrected chi connectivity index (χ1v) is 6.00. The predicted octanol–water partition coefficient (Wildman–Crippen LogP) is 2.93. The predicted molar refractivity (Wildman–Crippen MR) is 72.2 cm³/mol. The van der Waals surface area contributed by atoms with Gasteiger partial charge >= 0.3 is 5.97 Å². The number of fused-ring (bicyclic) bond motifs is 2. The molecular formula is C15H13NO3. The lowest BCUT2D eigenvalue weighted by Gasteiger charge is -2.09. The van der Waals surface area contributed by atoms with Crippen LogP contribution < -0.4 is 4.74 Å². The first kappa shape index (κ1) is 11.6. The van der Waals surface area contributed by atoms with Gasteiger partial charge in [0.25, 0.3) is 0 Å². The maximum absolute atomic E-state index is 10.8. The Bertz CT molecular complexity index is 683. The lowest BCUT2D eigenvalue weighted by atomic mass is 10.1. The van der Waals surface area contributed by atoms with Crippen molar-refractivity contribution >= 4 is 18.1 Å². The molecule has 1 aliphatic rings. The highest BCUT2D eigenvalue weighted by molar-refractivity contribution is 5.78. The van der Waals surface area contributed by atoms with Crippen LogP contribution >= 0.6 is 0 Å². The molecule has 1 N–H and O–H groups in total. The average Bonchev–Trinajstić information content (AvgIpc) is 2.58. The number of ether oxygens (including phenoxy) is 1. The van der Waals surface area contributed by atoms with Gasteiger partial charge in [-0.1, -0.05) is 24.3 Å². The average molecular weight is 255 g/mol. The van der Waals surface area contributed by atoms with E-state index < -0.39 is 5.97 Å². The molecule has 0 aliphatic carbocycles. The molecule has 4 nitrogen and oxygen atoms in total. The lowest BCUT2D eigenvalue weighted by molar-refractivity contribution is -0.136. The fraction of sp³-hybridized carbons (Fsp3) is 0.133. The van der Waals surface area contributed by atoms with Crippen molar-refractivity contribution in [1.82, 2.24) is 4.57 Å². The maximum atomic E-state index is 10.8. The van der Waals surface area contributed by atoms with E-state index in [4.69, 9.17) is 9.84 Å². The van der Waals surface area contributed by atoms with Crippen molar-refractivity contribution in [3.63, 3.8) is 0 Å². The zero-order chi connectivity index (χ0) is 13.4. The summed E-state index contributed by atoms with van der Waals surface area (Å²) in [6, 6.07) is 9.61. The second kappa shape index (κ2) is 4.31. The molecule has 19 heavy (non-hydrogen) atoms. The number of hydrogen-bond acceptors (Lipinski definition) is 2. The van der Waals surface area contributed by atoms with E-state index in [1.54, 1.807) is 4.57 Å². The SMILES string of the molecule is Cn1c(CC(=O)O)cc2c1Oc1ccccc1C=C2. The van der Waals surface area contributed by atoms with Gasteiger partial charge in [0.2, 0.25) is 5.88 Å². The van der Waals surface area contributed by atoms with Crippen LogP contribution in [0.1, 0.15) is 16.8 Å². The molecule has 0 atom stereocenters. The number of carboxylic acids is 1. The normalized spacial score (nSPS) is 12.3. The van der Waals surface area contributed by atoms with E-state index in [1.807, 2.05) is 49.5 Å². The Hall–Kier alpha value is -2.49. The highest BCUT2D eigenvalue weighted by Gasteiger charge is 2.18. The molecule has 0 radical (unpaired) electrons. The summed E-state index contributed by atoms with van der Waals surface area (Å²) >= 11 is 0. The number of nitrogens with zero attached hydrogens (tertiary/aromatic N) is 1. The lowest BCUT2D eigenvalue weighted by Crippen LogP contribution is -2.05. The van der Waals surface area contributed by atoms with Gasteiger partial charge in [0.05, 0.1) is 6.42 Å². The van der Waals surface area contributed by atoms with Crippen LogP contribution in [0.2, 0.25) is 0 Å². The molecule has 96 valence electrons. The first-order valence-electron chi connectivity index (χ1n) is 6.00. The van der Waals surface area contributed by atoms with Crippen LogP contribution in [0, 0.1) is 0 Å². The summed E-state index contributed by atoms with van der Waals surface area (Å²) < 4.78 is 7.69. The van der Waals surface area contributed by atoms with Crippen molar-refractivity contribution < 1.29 is 14.6 Å². The van der Waals surface area contributed by atoms with E-state index in [1.165, 1.54) is 0 Å². The summed E-state index contributed by atoms with van der Waals surface area (Å²) in [4.78, 5) is 10.8. The number of hydrogen-bond donors (Lipinski definition) is 1. The highest BCUT2D eigenvalue weighted by atomic mass is 16.5.